The van der Waals surface area contributed by atoms with Gasteiger partial charge in [0.2, 0.25) is 0 Å². The van der Waals surface area contributed by atoms with Crippen LogP contribution < -0.4 is 0 Å². The lowest BCUT2D eigenvalue weighted by Crippen LogP contribution is -2.38. The van der Waals surface area contributed by atoms with Crippen molar-refractivity contribution in [2.24, 2.45) is 0 Å². The highest BCUT2D eigenvalue weighted by molar-refractivity contribution is 4.80. The molecule has 0 radical (unpaired) electrons. The minimum Gasteiger partial charge on any atom is -0.391 e. The maximum atomic E-state index is 9.45. The van der Waals surface area contributed by atoms with Crippen molar-refractivity contribution in [2.45, 2.75) is 95.7 Å². The second kappa shape index (κ2) is 9.78. The molecule has 4 unspecified atom stereocenters. The number of unbranched alkanes of at least 4 members (excludes halogenated alkanes) is 6. The van der Waals surface area contributed by atoms with Gasteiger partial charge >= 0.3 is 0 Å². The fraction of sp³-hybridized carbons (Fsp3) is 1.00. The van der Waals surface area contributed by atoms with Crippen molar-refractivity contribution >= 4 is 0 Å². The van der Waals surface area contributed by atoms with Gasteiger partial charge in [-0.05, 0) is 25.7 Å². The van der Waals surface area contributed by atoms with E-state index < -0.39 is 0 Å². The van der Waals surface area contributed by atoms with Gasteiger partial charge in [0.1, 0.15) is 6.10 Å². The van der Waals surface area contributed by atoms with Crippen LogP contribution in [0, 0.1) is 0 Å². The fourth-order valence-electron chi connectivity index (χ4n) is 3.14. The Balaban J connectivity index is 1.50. The lowest BCUT2D eigenvalue weighted by Gasteiger charge is -2.29. The van der Waals surface area contributed by atoms with Gasteiger partial charge < -0.3 is 19.3 Å². The molecular weight excluding hydrogens is 268 g/mol. The van der Waals surface area contributed by atoms with Crippen LogP contribution in [0.2, 0.25) is 0 Å². The van der Waals surface area contributed by atoms with E-state index in [1.54, 1.807) is 0 Å². The van der Waals surface area contributed by atoms with E-state index in [0.717, 1.165) is 19.3 Å². The molecule has 4 nitrogen and oxygen atoms in total. The molecule has 0 aromatic rings. The van der Waals surface area contributed by atoms with Crippen molar-refractivity contribution in [1.29, 1.82) is 0 Å². The first-order valence-corrected chi connectivity index (χ1v) is 8.86. The predicted octanol–water partition coefficient (Wildman–Crippen LogP) is 3.41. The highest BCUT2D eigenvalue weighted by Gasteiger charge is 2.35. The molecule has 0 amide bonds. The van der Waals surface area contributed by atoms with E-state index in [1.807, 2.05) is 0 Å². The zero-order valence-corrected chi connectivity index (χ0v) is 13.5. The van der Waals surface area contributed by atoms with E-state index >= 15 is 0 Å². The highest BCUT2D eigenvalue weighted by Crippen LogP contribution is 2.26. The first kappa shape index (κ1) is 17.2. The molecule has 2 saturated heterocycles. The van der Waals surface area contributed by atoms with Gasteiger partial charge in [-0.25, -0.2) is 0 Å². The van der Waals surface area contributed by atoms with Gasteiger partial charge in [0.15, 0.2) is 6.29 Å². The Morgan fingerprint density at radius 1 is 0.857 bits per heavy atom. The third kappa shape index (κ3) is 6.23. The summed E-state index contributed by atoms with van der Waals surface area (Å²) >= 11 is 0. The van der Waals surface area contributed by atoms with Crippen molar-refractivity contribution in [3.05, 3.63) is 0 Å². The average Bonchev–Trinajstić information content (AvgIpc) is 2.96. The quantitative estimate of drug-likeness (QED) is 0.663. The first-order chi connectivity index (χ1) is 10.3. The molecule has 2 fully saturated rings. The number of aliphatic hydroxyl groups is 1. The second-order valence-electron chi connectivity index (χ2n) is 6.45. The molecule has 2 heterocycles. The molecule has 0 aromatic heterocycles. The number of hydrogen-bond donors (Lipinski definition) is 1. The second-order valence-corrected chi connectivity index (χ2v) is 6.45. The lowest BCUT2D eigenvalue weighted by atomic mass is 10.0. The van der Waals surface area contributed by atoms with Gasteiger partial charge in [-0.15, -0.1) is 0 Å². The number of rotatable bonds is 9. The summed E-state index contributed by atoms with van der Waals surface area (Å²) in [6, 6.07) is 0. The molecule has 0 bridgehead atoms. The maximum absolute atomic E-state index is 9.45. The minimum absolute atomic E-state index is 0.0407. The van der Waals surface area contributed by atoms with Crippen molar-refractivity contribution in [3.8, 4) is 0 Å². The standard InChI is InChI=1S/C17H32O4/c1-2-3-4-5-6-7-8-9-17-20-13-16(21-17)15-11-10-14(18)12-19-15/h14-18H,2-13H2,1H3. The Hall–Kier alpha value is -0.160. The van der Waals surface area contributed by atoms with Crippen LogP contribution >= 0.6 is 0 Å². The van der Waals surface area contributed by atoms with Crippen LogP contribution in [0.4, 0.5) is 0 Å². The molecule has 21 heavy (non-hydrogen) atoms. The minimum atomic E-state index is -0.299. The summed E-state index contributed by atoms with van der Waals surface area (Å²) in [6.07, 6.45) is 11.7. The average molecular weight is 300 g/mol. The van der Waals surface area contributed by atoms with Gasteiger partial charge in [-0.2, -0.15) is 0 Å². The molecular formula is C17H32O4. The maximum Gasteiger partial charge on any atom is 0.158 e. The molecule has 2 aliphatic heterocycles. The van der Waals surface area contributed by atoms with Crippen molar-refractivity contribution in [1.82, 2.24) is 0 Å². The van der Waals surface area contributed by atoms with Crippen molar-refractivity contribution in [2.75, 3.05) is 13.2 Å². The number of ether oxygens (including phenoxy) is 3. The summed E-state index contributed by atoms with van der Waals surface area (Å²) in [5, 5.41) is 9.45. The SMILES string of the molecule is CCCCCCCCCC1OCC(C2CCC(O)CO2)O1. The van der Waals surface area contributed by atoms with Crippen LogP contribution in [0.3, 0.4) is 0 Å². The Labute approximate surface area is 129 Å². The van der Waals surface area contributed by atoms with Crippen LogP contribution in [0.25, 0.3) is 0 Å². The van der Waals surface area contributed by atoms with Crippen LogP contribution in [0.15, 0.2) is 0 Å². The summed E-state index contributed by atoms with van der Waals surface area (Å²) in [5.41, 5.74) is 0. The van der Waals surface area contributed by atoms with E-state index in [9.17, 15) is 5.11 Å². The third-order valence-corrected chi connectivity index (χ3v) is 4.52. The van der Waals surface area contributed by atoms with Gasteiger partial charge in [0.25, 0.3) is 0 Å². The van der Waals surface area contributed by atoms with E-state index in [2.05, 4.69) is 6.92 Å². The molecule has 2 aliphatic rings. The van der Waals surface area contributed by atoms with Gasteiger partial charge in [-0.1, -0.05) is 45.4 Å². The van der Waals surface area contributed by atoms with Gasteiger partial charge in [0, 0.05) is 0 Å². The monoisotopic (exact) mass is 300 g/mol. The summed E-state index contributed by atoms with van der Waals surface area (Å²) in [4.78, 5) is 0. The Morgan fingerprint density at radius 2 is 1.62 bits per heavy atom. The summed E-state index contributed by atoms with van der Waals surface area (Å²) < 4.78 is 17.3. The largest absolute Gasteiger partial charge is 0.391 e. The van der Waals surface area contributed by atoms with E-state index in [4.69, 9.17) is 14.2 Å². The van der Waals surface area contributed by atoms with Gasteiger partial charge in [-0.3, -0.25) is 0 Å². The molecule has 4 heteroatoms. The Morgan fingerprint density at radius 3 is 2.33 bits per heavy atom. The lowest BCUT2D eigenvalue weighted by molar-refractivity contribution is -0.127. The number of hydrogen-bond acceptors (Lipinski definition) is 4. The van der Waals surface area contributed by atoms with Crippen LogP contribution in [0.1, 0.15) is 71.1 Å². The van der Waals surface area contributed by atoms with E-state index in [-0.39, 0.29) is 24.6 Å². The fourth-order valence-corrected chi connectivity index (χ4v) is 3.14. The van der Waals surface area contributed by atoms with Crippen molar-refractivity contribution < 1.29 is 19.3 Å². The molecule has 0 saturated carbocycles. The predicted molar refractivity (Wildman–Crippen MR) is 82.2 cm³/mol. The Bertz CT molecular complexity index is 264. The zero-order chi connectivity index (χ0) is 14.9. The van der Waals surface area contributed by atoms with E-state index in [0.29, 0.717) is 13.2 Å². The van der Waals surface area contributed by atoms with Crippen LogP contribution in [-0.2, 0) is 14.2 Å². The molecule has 0 aliphatic carbocycles. The molecule has 0 aromatic carbocycles. The zero-order valence-electron chi connectivity index (χ0n) is 13.5. The normalized spacial score (nSPS) is 33.4. The summed E-state index contributed by atoms with van der Waals surface area (Å²) in [5.74, 6) is 0. The van der Waals surface area contributed by atoms with E-state index in [1.165, 1.54) is 44.9 Å². The molecule has 0 spiro atoms. The molecule has 2 rings (SSSR count). The molecule has 124 valence electrons. The summed E-state index contributed by atoms with van der Waals surface area (Å²) in [6.45, 7) is 3.33. The molecule has 4 atom stereocenters. The van der Waals surface area contributed by atoms with Crippen LogP contribution in [-0.4, -0.2) is 42.9 Å². The smallest absolute Gasteiger partial charge is 0.158 e. The molecule has 1 N–H and O–H groups in total. The highest BCUT2D eigenvalue weighted by atomic mass is 16.7. The Kier molecular flexibility index (Phi) is 8.01. The summed E-state index contributed by atoms with van der Waals surface area (Å²) in [7, 11) is 0. The third-order valence-electron chi connectivity index (χ3n) is 4.52. The first-order valence-electron chi connectivity index (χ1n) is 8.86. The van der Waals surface area contributed by atoms with Crippen LogP contribution in [0.5, 0.6) is 0 Å². The van der Waals surface area contributed by atoms with Gasteiger partial charge in [0.05, 0.1) is 25.4 Å². The number of aliphatic hydroxyl groups excluding tert-OH is 1. The van der Waals surface area contributed by atoms with Crippen molar-refractivity contribution in [3.63, 3.8) is 0 Å². The topological polar surface area (TPSA) is 47.9 Å².